The lowest BCUT2D eigenvalue weighted by Crippen LogP contribution is -2.30. The van der Waals surface area contributed by atoms with Gasteiger partial charge in [-0.1, -0.05) is 308 Å². The smallest absolute Gasteiger partial charge is 0.306 e. The van der Waals surface area contributed by atoms with Gasteiger partial charge in [-0.2, -0.15) is 0 Å². The summed E-state index contributed by atoms with van der Waals surface area (Å²) in [5.74, 6) is -0.863. The third-order valence-corrected chi connectivity index (χ3v) is 14.5. The fraction of sp³-hybridized carbons (Fsp3) is 0.892. The third kappa shape index (κ3) is 58.7. The molecule has 0 spiro atoms. The largest absolute Gasteiger partial charge is 0.462 e. The van der Waals surface area contributed by atoms with Crippen molar-refractivity contribution in [2.75, 3.05) is 13.2 Å². The molecule has 0 bridgehead atoms. The first-order valence-electron chi connectivity index (χ1n) is 31.8. The van der Waals surface area contributed by atoms with Gasteiger partial charge in [0.2, 0.25) is 0 Å². The summed E-state index contributed by atoms with van der Waals surface area (Å²) in [5.41, 5.74) is 0. The SMILES string of the molecule is CCCCCC/C=C\C/C=C\CCCCCCCCCC(=O)OC(COC(=O)CCCCCCCCC)COC(=O)CCCCCCCCCCCCCCCCCCCCCCCCCCCCCC. The second-order valence-electron chi connectivity index (χ2n) is 21.7. The van der Waals surface area contributed by atoms with E-state index in [2.05, 4.69) is 45.1 Å². The first-order valence-corrected chi connectivity index (χ1v) is 31.8. The predicted molar refractivity (Wildman–Crippen MR) is 307 cm³/mol. The molecule has 0 radical (unpaired) electrons. The number of ether oxygens (including phenoxy) is 3. The Morgan fingerprint density at radius 3 is 0.789 bits per heavy atom. The summed E-state index contributed by atoms with van der Waals surface area (Å²) in [4.78, 5) is 38.0. The van der Waals surface area contributed by atoms with Crippen LogP contribution in [-0.2, 0) is 28.6 Å². The third-order valence-electron chi connectivity index (χ3n) is 14.5. The topological polar surface area (TPSA) is 78.9 Å². The second-order valence-corrected chi connectivity index (χ2v) is 21.7. The minimum absolute atomic E-state index is 0.0696. The highest BCUT2D eigenvalue weighted by molar-refractivity contribution is 5.71. The van der Waals surface area contributed by atoms with Crippen LogP contribution in [0.4, 0.5) is 0 Å². The Balaban J connectivity index is 4.04. The number of hydrogen-bond donors (Lipinski definition) is 0. The van der Waals surface area contributed by atoms with Crippen molar-refractivity contribution in [3.05, 3.63) is 24.3 Å². The van der Waals surface area contributed by atoms with Gasteiger partial charge in [0.05, 0.1) is 0 Å². The molecule has 0 rings (SSSR count). The molecule has 0 aliphatic rings. The van der Waals surface area contributed by atoms with Crippen molar-refractivity contribution in [1.82, 2.24) is 0 Å². The van der Waals surface area contributed by atoms with Crippen molar-refractivity contribution >= 4 is 17.9 Å². The average Bonchev–Trinajstić information content (AvgIpc) is 3.37. The molecule has 0 heterocycles. The van der Waals surface area contributed by atoms with Crippen molar-refractivity contribution in [3.63, 3.8) is 0 Å². The lowest BCUT2D eigenvalue weighted by atomic mass is 10.0. The van der Waals surface area contributed by atoms with Gasteiger partial charge in [0, 0.05) is 19.3 Å². The van der Waals surface area contributed by atoms with Crippen LogP contribution in [0.2, 0.25) is 0 Å². The zero-order valence-corrected chi connectivity index (χ0v) is 48.0. The fourth-order valence-electron chi connectivity index (χ4n) is 9.65. The minimum Gasteiger partial charge on any atom is -0.462 e. The minimum atomic E-state index is -0.770. The summed E-state index contributed by atoms with van der Waals surface area (Å²) >= 11 is 0. The molecule has 0 saturated heterocycles. The van der Waals surface area contributed by atoms with Crippen LogP contribution in [0.25, 0.3) is 0 Å². The van der Waals surface area contributed by atoms with Gasteiger partial charge in [0.25, 0.3) is 0 Å². The van der Waals surface area contributed by atoms with E-state index >= 15 is 0 Å². The van der Waals surface area contributed by atoms with Crippen molar-refractivity contribution in [3.8, 4) is 0 Å². The van der Waals surface area contributed by atoms with E-state index in [9.17, 15) is 14.4 Å². The van der Waals surface area contributed by atoms with Crippen LogP contribution in [0.1, 0.15) is 355 Å². The van der Waals surface area contributed by atoms with Crippen LogP contribution in [-0.4, -0.2) is 37.2 Å². The summed E-state index contributed by atoms with van der Waals surface area (Å²) < 4.78 is 16.8. The Kier molecular flexibility index (Phi) is 58.6. The molecule has 0 aromatic rings. The fourth-order valence-corrected chi connectivity index (χ4v) is 9.65. The Labute approximate surface area is 443 Å². The van der Waals surface area contributed by atoms with Gasteiger partial charge >= 0.3 is 17.9 Å². The van der Waals surface area contributed by atoms with Crippen LogP contribution >= 0.6 is 0 Å². The number of rotatable bonds is 59. The molecule has 0 aliphatic carbocycles. The van der Waals surface area contributed by atoms with Crippen LogP contribution in [0, 0.1) is 0 Å². The summed E-state index contributed by atoms with van der Waals surface area (Å²) in [6.45, 7) is 6.63. The van der Waals surface area contributed by atoms with Gasteiger partial charge in [-0.05, 0) is 51.4 Å². The molecule has 0 saturated carbocycles. The molecular formula is C65H122O6. The Bertz CT molecular complexity index is 1150. The normalized spacial score (nSPS) is 12.1. The van der Waals surface area contributed by atoms with E-state index in [0.717, 1.165) is 70.6 Å². The van der Waals surface area contributed by atoms with Gasteiger partial charge in [0.15, 0.2) is 6.10 Å². The molecule has 1 unspecified atom stereocenters. The van der Waals surface area contributed by atoms with E-state index in [1.165, 1.54) is 244 Å². The van der Waals surface area contributed by atoms with Crippen LogP contribution < -0.4 is 0 Å². The summed E-state index contributed by atoms with van der Waals surface area (Å²) in [6.07, 6.45) is 72.2. The molecular weight excluding hydrogens is 877 g/mol. The first-order chi connectivity index (χ1) is 35.0. The number of hydrogen-bond acceptors (Lipinski definition) is 6. The molecule has 0 aliphatic heterocycles. The molecule has 418 valence electrons. The molecule has 6 nitrogen and oxygen atoms in total. The van der Waals surface area contributed by atoms with E-state index in [-0.39, 0.29) is 31.1 Å². The summed E-state index contributed by atoms with van der Waals surface area (Å²) in [7, 11) is 0. The van der Waals surface area contributed by atoms with Crippen molar-refractivity contribution in [1.29, 1.82) is 0 Å². The van der Waals surface area contributed by atoms with Gasteiger partial charge in [-0.15, -0.1) is 0 Å². The van der Waals surface area contributed by atoms with E-state index in [1.807, 2.05) is 0 Å². The van der Waals surface area contributed by atoms with Crippen LogP contribution in [0.5, 0.6) is 0 Å². The van der Waals surface area contributed by atoms with Crippen molar-refractivity contribution in [2.45, 2.75) is 361 Å². The molecule has 71 heavy (non-hydrogen) atoms. The Morgan fingerprint density at radius 2 is 0.507 bits per heavy atom. The van der Waals surface area contributed by atoms with E-state index < -0.39 is 6.10 Å². The number of carbonyl (C=O) groups is 3. The second kappa shape index (κ2) is 60.4. The highest BCUT2D eigenvalue weighted by atomic mass is 16.6. The Morgan fingerprint density at radius 1 is 0.282 bits per heavy atom. The average molecular weight is 1000 g/mol. The number of allylic oxidation sites excluding steroid dienone is 4. The lowest BCUT2D eigenvalue weighted by Gasteiger charge is -2.18. The van der Waals surface area contributed by atoms with E-state index in [0.29, 0.717) is 19.3 Å². The Hall–Kier alpha value is -2.11. The number of unbranched alkanes of at least 4 members (excludes halogenated alkanes) is 44. The van der Waals surface area contributed by atoms with E-state index in [1.54, 1.807) is 0 Å². The number of esters is 3. The quantitative estimate of drug-likeness (QED) is 0.0261. The molecule has 1 atom stereocenters. The van der Waals surface area contributed by atoms with Crippen LogP contribution in [0.3, 0.4) is 0 Å². The maximum atomic E-state index is 12.8. The van der Waals surface area contributed by atoms with Gasteiger partial charge in [-0.25, -0.2) is 0 Å². The molecule has 0 fully saturated rings. The van der Waals surface area contributed by atoms with Crippen molar-refractivity contribution < 1.29 is 28.6 Å². The first kappa shape index (κ1) is 68.9. The number of carbonyl (C=O) groups excluding carboxylic acids is 3. The van der Waals surface area contributed by atoms with Gasteiger partial charge in [0.1, 0.15) is 13.2 Å². The highest BCUT2D eigenvalue weighted by Gasteiger charge is 2.19. The standard InChI is InChI=1S/C65H122O6/c1-4-7-10-13-16-18-20-22-24-26-28-29-30-31-32-33-34-35-36-37-39-40-42-44-46-49-52-55-58-64(67)70-61-62(60-69-63(66)57-54-51-48-15-12-9-6-3)71-65(68)59-56-53-50-47-45-43-41-38-27-25-23-21-19-17-14-11-8-5-2/h19,21,25,27,62H,4-18,20,22-24,26,28-61H2,1-3H3/b21-19-,27-25-. The van der Waals surface area contributed by atoms with Crippen molar-refractivity contribution in [2.24, 2.45) is 0 Å². The maximum Gasteiger partial charge on any atom is 0.306 e. The zero-order valence-electron chi connectivity index (χ0n) is 48.0. The highest BCUT2D eigenvalue weighted by Crippen LogP contribution is 2.18. The summed E-state index contributed by atoms with van der Waals surface area (Å²) in [5, 5.41) is 0. The lowest BCUT2D eigenvalue weighted by molar-refractivity contribution is -0.167. The predicted octanol–water partition coefficient (Wildman–Crippen LogP) is 21.4. The maximum absolute atomic E-state index is 12.8. The summed E-state index contributed by atoms with van der Waals surface area (Å²) in [6, 6.07) is 0. The molecule has 6 heteroatoms. The molecule has 0 aromatic carbocycles. The molecule has 0 N–H and O–H groups in total. The molecule has 0 aromatic heterocycles. The van der Waals surface area contributed by atoms with Gasteiger partial charge < -0.3 is 14.2 Å². The van der Waals surface area contributed by atoms with E-state index in [4.69, 9.17) is 14.2 Å². The monoisotopic (exact) mass is 999 g/mol. The van der Waals surface area contributed by atoms with Gasteiger partial charge in [-0.3, -0.25) is 14.4 Å². The van der Waals surface area contributed by atoms with Crippen LogP contribution in [0.15, 0.2) is 24.3 Å². The zero-order chi connectivity index (χ0) is 51.4. The molecule has 0 amide bonds.